The number of hydrogen-bond donors (Lipinski definition) is 4. The van der Waals surface area contributed by atoms with Crippen LogP contribution in [0.2, 0.25) is 0 Å². The summed E-state index contributed by atoms with van der Waals surface area (Å²) in [6.45, 7) is 1.12. The fraction of sp³-hybridized carbons (Fsp3) is 0.727. The zero-order valence-electron chi connectivity index (χ0n) is 13.7. The van der Waals surface area contributed by atoms with E-state index in [4.69, 9.17) is 9.96 Å². The second-order valence-electron chi connectivity index (χ2n) is 5.83. The zero-order valence-corrected chi connectivity index (χ0v) is 15.3. The molecule has 15 heteroatoms. The van der Waals surface area contributed by atoms with Gasteiger partial charge in [0.25, 0.3) is 0 Å². The number of nitrogens with one attached hydrogen (secondary N) is 3. The number of hydrogen-bond acceptors (Lipinski definition) is 8. The maximum absolute atomic E-state index is 12.2. The van der Waals surface area contributed by atoms with E-state index in [1.54, 1.807) is 0 Å². The average Bonchev–Trinajstić information content (AvgIpc) is 2.69. The minimum Gasteiger partial charge on any atom is -0.355 e. The first-order chi connectivity index (χ1) is 11.9. The molecule has 148 valence electrons. The molecule has 3 amide bonds. The van der Waals surface area contributed by atoms with Crippen molar-refractivity contribution in [3.05, 3.63) is 0 Å². The number of sulfonamides is 1. The van der Waals surface area contributed by atoms with Gasteiger partial charge >= 0.3 is 16.4 Å². The summed E-state index contributed by atoms with van der Waals surface area (Å²) in [5.74, 6) is -1.29. The smallest absolute Gasteiger partial charge is 0.355 e. The topological polar surface area (TPSA) is 186 Å². The van der Waals surface area contributed by atoms with Gasteiger partial charge in [0.05, 0.1) is 17.8 Å². The van der Waals surface area contributed by atoms with Crippen LogP contribution in [0.15, 0.2) is 0 Å². The van der Waals surface area contributed by atoms with Gasteiger partial charge in [-0.3, -0.25) is 19.5 Å². The summed E-state index contributed by atoms with van der Waals surface area (Å²) >= 11 is 0. The summed E-state index contributed by atoms with van der Waals surface area (Å²) in [6.07, 6.45) is 0.452. The number of piperidine rings is 1. The number of carbonyl (C=O) groups is 2. The lowest BCUT2D eigenvalue weighted by molar-refractivity contribution is -0.118. The predicted molar refractivity (Wildman–Crippen MR) is 86.7 cm³/mol. The standard InChI is InChI=1S/C11H19N5O8S2/c1-7(17)13-4-5-25(19,20)14-10(12)9-3-2-8-6-15(9)11(18)16(8)24-26(21,22)23/h8-9H,2-6H2,1H3,(H2,12,14)(H,13,17)(H,21,22,23)/t8-,9+/m1/s1. The molecule has 0 aliphatic carbocycles. The molecule has 13 nitrogen and oxygen atoms in total. The fourth-order valence-electron chi connectivity index (χ4n) is 2.78. The van der Waals surface area contributed by atoms with Crippen molar-refractivity contribution in [1.82, 2.24) is 20.0 Å². The van der Waals surface area contributed by atoms with Crippen molar-refractivity contribution >= 4 is 38.2 Å². The molecule has 2 fully saturated rings. The van der Waals surface area contributed by atoms with Gasteiger partial charge in [-0.15, -0.1) is 4.28 Å². The Morgan fingerprint density at radius 3 is 2.58 bits per heavy atom. The predicted octanol–water partition coefficient (Wildman–Crippen LogP) is -1.98. The molecule has 0 aromatic heterocycles. The fourth-order valence-corrected chi connectivity index (χ4v) is 4.11. The second-order valence-corrected chi connectivity index (χ2v) is 8.67. The van der Waals surface area contributed by atoms with Gasteiger partial charge < -0.3 is 10.2 Å². The Labute approximate surface area is 150 Å². The van der Waals surface area contributed by atoms with Gasteiger partial charge in [-0.2, -0.15) is 13.5 Å². The van der Waals surface area contributed by atoms with Crippen LogP contribution >= 0.6 is 0 Å². The number of amides is 3. The Morgan fingerprint density at radius 2 is 2.00 bits per heavy atom. The number of carbonyl (C=O) groups excluding carboxylic acids is 2. The summed E-state index contributed by atoms with van der Waals surface area (Å²) in [7, 11) is -8.80. The van der Waals surface area contributed by atoms with E-state index in [-0.39, 0.29) is 25.9 Å². The van der Waals surface area contributed by atoms with Crippen LogP contribution in [-0.4, -0.2) is 80.1 Å². The van der Waals surface area contributed by atoms with E-state index < -0.39 is 56.0 Å². The van der Waals surface area contributed by atoms with E-state index in [1.165, 1.54) is 6.92 Å². The van der Waals surface area contributed by atoms with Crippen LogP contribution in [-0.2, 0) is 29.5 Å². The van der Waals surface area contributed by atoms with Crippen molar-refractivity contribution in [2.45, 2.75) is 31.8 Å². The van der Waals surface area contributed by atoms with Gasteiger partial charge in [-0.1, -0.05) is 0 Å². The monoisotopic (exact) mass is 413 g/mol. The molecule has 0 spiro atoms. The van der Waals surface area contributed by atoms with Crippen LogP contribution in [0.25, 0.3) is 0 Å². The highest BCUT2D eigenvalue weighted by Gasteiger charge is 2.48. The molecule has 2 rings (SSSR count). The van der Waals surface area contributed by atoms with Gasteiger partial charge in [-0.25, -0.2) is 13.2 Å². The number of urea groups is 1. The van der Waals surface area contributed by atoms with Crippen LogP contribution in [0.1, 0.15) is 19.8 Å². The van der Waals surface area contributed by atoms with Crippen LogP contribution in [0.4, 0.5) is 4.79 Å². The Bertz CT molecular complexity index is 810. The van der Waals surface area contributed by atoms with E-state index >= 15 is 0 Å². The molecular weight excluding hydrogens is 394 g/mol. The molecule has 0 aromatic carbocycles. The number of fused-ring (bicyclic) bond motifs is 2. The largest absolute Gasteiger partial charge is 0.418 e. The third-order valence-corrected chi connectivity index (χ3v) is 5.46. The molecule has 2 atom stereocenters. The van der Waals surface area contributed by atoms with Crippen molar-refractivity contribution in [1.29, 1.82) is 5.41 Å². The molecule has 2 bridgehead atoms. The van der Waals surface area contributed by atoms with Crippen molar-refractivity contribution in [2.24, 2.45) is 0 Å². The summed E-state index contributed by atoms with van der Waals surface area (Å²) in [4.78, 5) is 24.1. The van der Waals surface area contributed by atoms with E-state index in [0.717, 1.165) is 4.90 Å². The molecule has 2 aliphatic heterocycles. The highest BCUT2D eigenvalue weighted by molar-refractivity contribution is 7.90. The maximum Gasteiger partial charge on any atom is 0.418 e. The molecule has 0 saturated carbocycles. The van der Waals surface area contributed by atoms with Crippen LogP contribution in [0, 0.1) is 5.41 Å². The minimum atomic E-state index is -4.88. The van der Waals surface area contributed by atoms with E-state index in [9.17, 15) is 26.4 Å². The highest BCUT2D eigenvalue weighted by atomic mass is 32.3. The van der Waals surface area contributed by atoms with Crippen LogP contribution in [0.5, 0.6) is 0 Å². The Morgan fingerprint density at radius 1 is 1.35 bits per heavy atom. The summed E-state index contributed by atoms with van der Waals surface area (Å²) in [5.41, 5.74) is 0. The van der Waals surface area contributed by atoms with Crippen molar-refractivity contribution in [3.8, 4) is 0 Å². The molecular formula is C11H19N5O8S2. The molecule has 0 aromatic rings. The Hall–Kier alpha value is -1.97. The van der Waals surface area contributed by atoms with Gasteiger partial charge in [0.2, 0.25) is 15.9 Å². The van der Waals surface area contributed by atoms with Crippen molar-refractivity contribution in [2.75, 3.05) is 18.8 Å². The summed E-state index contributed by atoms with van der Waals surface area (Å²) in [6, 6.07) is -2.44. The minimum absolute atomic E-state index is 0.0228. The summed E-state index contributed by atoms with van der Waals surface area (Å²) in [5, 5.41) is 10.8. The van der Waals surface area contributed by atoms with E-state index in [0.29, 0.717) is 5.06 Å². The van der Waals surface area contributed by atoms with Crippen molar-refractivity contribution < 1.29 is 35.3 Å². The van der Waals surface area contributed by atoms with Gasteiger partial charge in [0, 0.05) is 20.0 Å². The van der Waals surface area contributed by atoms with E-state index in [2.05, 4.69) is 9.60 Å². The quantitative estimate of drug-likeness (QED) is 0.210. The van der Waals surface area contributed by atoms with Gasteiger partial charge in [-0.05, 0) is 12.8 Å². The Kier molecular flexibility index (Phi) is 5.74. The molecule has 2 saturated heterocycles. The van der Waals surface area contributed by atoms with Crippen LogP contribution in [0.3, 0.4) is 0 Å². The maximum atomic E-state index is 12.2. The lowest BCUT2D eigenvalue weighted by Gasteiger charge is -2.30. The first-order valence-electron chi connectivity index (χ1n) is 7.50. The average molecular weight is 413 g/mol. The van der Waals surface area contributed by atoms with Gasteiger partial charge in [0.15, 0.2) is 0 Å². The normalized spacial score (nSPS) is 23.1. The number of amidine groups is 1. The first kappa shape index (κ1) is 20.3. The molecule has 0 radical (unpaired) electrons. The highest BCUT2D eigenvalue weighted by Crippen LogP contribution is 2.30. The van der Waals surface area contributed by atoms with E-state index in [1.807, 2.05) is 4.72 Å². The lowest BCUT2D eigenvalue weighted by Crippen LogP contribution is -2.51. The number of rotatable bonds is 7. The molecule has 4 N–H and O–H groups in total. The lowest BCUT2D eigenvalue weighted by atomic mass is 10.0. The van der Waals surface area contributed by atoms with Gasteiger partial charge in [0.1, 0.15) is 5.84 Å². The third-order valence-electron chi connectivity index (χ3n) is 3.84. The molecule has 2 heterocycles. The third kappa shape index (κ3) is 5.03. The second kappa shape index (κ2) is 7.34. The first-order valence-corrected chi connectivity index (χ1v) is 10.5. The Balaban J connectivity index is 2.01. The number of nitrogens with zero attached hydrogens (tertiary/aromatic N) is 2. The molecule has 2 aliphatic rings. The van der Waals surface area contributed by atoms with Crippen molar-refractivity contribution in [3.63, 3.8) is 0 Å². The number of hydroxylamine groups is 2. The molecule has 26 heavy (non-hydrogen) atoms. The summed E-state index contributed by atoms with van der Waals surface area (Å²) < 4.78 is 60.6. The molecule has 0 unspecified atom stereocenters. The SMILES string of the molecule is CC(=O)NCCS(=O)(=O)NC(=N)[C@@H]1CC[C@@H]2CN1C(=O)N2OS(=O)(=O)O. The van der Waals surface area contributed by atoms with Crippen LogP contribution < -0.4 is 10.0 Å². The zero-order chi connectivity index (χ0) is 19.7.